The number of piperidine rings is 2. The van der Waals surface area contributed by atoms with Gasteiger partial charge in [0.05, 0.1) is 0 Å². The first-order valence-corrected chi connectivity index (χ1v) is 13.0. The summed E-state index contributed by atoms with van der Waals surface area (Å²) in [6.07, 6.45) is 5.76. The van der Waals surface area contributed by atoms with Crippen molar-refractivity contribution >= 4 is 17.8 Å². The summed E-state index contributed by atoms with van der Waals surface area (Å²) in [4.78, 5) is 51.3. The Morgan fingerprint density at radius 3 is 1.89 bits per heavy atom. The number of carbonyl (C=O) groups excluding carboxylic acids is 1. The first-order chi connectivity index (χ1) is 17.5. The van der Waals surface area contributed by atoms with Crippen molar-refractivity contribution in [2.75, 3.05) is 59.4 Å². The van der Waals surface area contributed by atoms with Crippen LogP contribution in [0.15, 0.2) is 17.1 Å². The Labute approximate surface area is 219 Å². The summed E-state index contributed by atoms with van der Waals surface area (Å²) >= 11 is 0. The molecule has 3 aliphatic heterocycles. The number of hydrogen-bond donors (Lipinski definition) is 3. The minimum atomic E-state index is -0.833. The second-order valence-corrected chi connectivity index (χ2v) is 9.97. The molecule has 3 aliphatic rings. The van der Waals surface area contributed by atoms with Crippen LogP contribution in [0, 0.1) is 6.92 Å². The van der Waals surface area contributed by atoms with Crippen LogP contribution >= 0.6 is 0 Å². The third-order valence-electron chi connectivity index (χ3n) is 7.05. The van der Waals surface area contributed by atoms with Gasteiger partial charge in [-0.25, -0.2) is 0 Å². The fourth-order valence-corrected chi connectivity index (χ4v) is 5.05. The van der Waals surface area contributed by atoms with Crippen LogP contribution in [0.2, 0.25) is 0 Å². The zero-order valence-electron chi connectivity index (χ0n) is 22.6. The number of rotatable bonds is 3. The lowest BCUT2D eigenvalue weighted by atomic mass is 10.0. The SMILES string of the molecule is CC(=O)O.CC(=O)O.Cc1ccn(C2CCNCC2)c(=O)c1C(=O)N1CCC(N2CCN(C)CC2)CC1. The average Bonchev–Trinajstić information content (AvgIpc) is 2.84. The molecule has 1 aromatic rings. The number of aromatic nitrogens is 1. The number of pyridine rings is 1. The van der Waals surface area contributed by atoms with Gasteiger partial charge in [0, 0.05) is 71.4 Å². The largest absolute Gasteiger partial charge is 0.481 e. The minimum absolute atomic E-state index is 0.0763. The number of aryl methyl sites for hydroxylation is 1. The Hall–Kier alpha value is -2.76. The summed E-state index contributed by atoms with van der Waals surface area (Å²) in [5.41, 5.74) is 1.07. The third kappa shape index (κ3) is 9.56. The van der Waals surface area contributed by atoms with Crippen LogP contribution < -0.4 is 10.9 Å². The molecule has 1 aromatic heterocycles. The first kappa shape index (κ1) is 30.5. The van der Waals surface area contributed by atoms with E-state index in [-0.39, 0.29) is 17.5 Å². The summed E-state index contributed by atoms with van der Waals surface area (Å²) in [5.74, 6) is -1.74. The molecule has 0 aliphatic carbocycles. The van der Waals surface area contributed by atoms with Gasteiger partial charge in [-0.3, -0.25) is 24.1 Å². The number of nitrogens with zero attached hydrogens (tertiary/aromatic N) is 4. The maximum atomic E-state index is 13.3. The molecule has 0 aromatic carbocycles. The van der Waals surface area contributed by atoms with Crippen LogP contribution in [0.1, 0.15) is 61.5 Å². The van der Waals surface area contributed by atoms with E-state index in [0.29, 0.717) is 11.6 Å². The van der Waals surface area contributed by atoms with E-state index < -0.39 is 11.9 Å². The van der Waals surface area contributed by atoms with Crippen LogP contribution in [0.4, 0.5) is 0 Å². The Morgan fingerprint density at radius 1 is 0.865 bits per heavy atom. The highest BCUT2D eigenvalue weighted by Crippen LogP contribution is 2.21. The summed E-state index contributed by atoms with van der Waals surface area (Å²) < 4.78 is 1.80. The van der Waals surface area contributed by atoms with Crippen molar-refractivity contribution < 1.29 is 24.6 Å². The quantitative estimate of drug-likeness (QED) is 0.535. The molecule has 37 heavy (non-hydrogen) atoms. The van der Waals surface area contributed by atoms with E-state index in [2.05, 4.69) is 22.2 Å². The molecule has 11 nitrogen and oxygen atoms in total. The Bertz CT molecular complexity index is 939. The molecule has 3 saturated heterocycles. The second-order valence-electron chi connectivity index (χ2n) is 9.97. The number of nitrogens with one attached hydrogen (secondary N) is 1. The monoisotopic (exact) mass is 521 g/mol. The highest BCUT2D eigenvalue weighted by Gasteiger charge is 2.31. The molecule has 0 unspecified atom stereocenters. The number of hydrogen-bond acceptors (Lipinski definition) is 7. The molecule has 0 spiro atoms. The molecule has 3 fully saturated rings. The summed E-state index contributed by atoms with van der Waals surface area (Å²) in [5, 5.41) is 18.2. The van der Waals surface area contributed by atoms with Gasteiger partial charge >= 0.3 is 0 Å². The Kier molecular flexibility index (Phi) is 12.2. The van der Waals surface area contributed by atoms with Gasteiger partial charge in [0.15, 0.2) is 0 Å². The average molecular weight is 522 g/mol. The van der Waals surface area contributed by atoms with Crippen LogP contribution in [0.3, 0.4) is 0 Å². The van der Waals surface area contributed by atoms with E-state index in [4.69, 9.17) is 19.8 Å². The number of amides is 1. The van der Waals surface area contributed by atoms with Gasteiger partial charge in [-0.2, -0.15) is 0 Å². The highest BCUT2D eigenvalue weighted by molar-refractivity contribution is 5.95. The summed E-state index contributed by atoms with van der Waals surface area (Å²) in [7, 11) is 2.18. The number of aliphatic carboxylic acids is 2. The van der Waals surface area contributed by atoms with Gasteiger partial charge in [-0.15, -0.1) is 0 Å². The van der Waals surface area contributed by atoms with Crippen LogP contribution in [0.25, 0.3) is 0 Å². The Morgan fingerprint density at radius 2 is 1.38 bits per heavy atom. The van der Waals surface area contributed by atoms with Crippen molar-refractivity contribution in [3.8, 4) is 0 Å². The number of likely N-dealkylation sites (N-methyl/N-ethyl adjacent to an activating group) is 1. The maximum Gasteiger partial charge on any atom is 0.300 e. The van der Waals surface area contributed by atoms with Crippen molar-refractivity contribution in [2.24, 2.45) is 0 Å². The lowest BCUT2D eigenvalue weighted by Gasteiger charge is -2.42. The van der Waals surface area contributed by atoms with Crippen molar-refractivity contribution in [1.82, 2.24) is 24.6 Å². The zero-order chi connectivity index (χ0) is 27.5. The fraction of sp³-hybridized carbons (Fsp3) is 0.692. The predicted molar refractivity (Wildman–Crippen MR) is 141 cm³/mol. The lowest BCUT2D eigenvalue weighted by Crippen LogP contribution is -2.53. The van der Waals surface area contributed by atoms with Gasteiger partial charge < -0.3 is 29.9 Å². The fourth-order valence-electron chi connectivity index (χ4n) is 5.05. The van der Waals surface area contributed by atoms with Crippen LogP contribution in [-0.2, 0) is 9.59 Å². The number of carboxylic acid groups (broad SMARTS) is 2. The maximum absolute atomic E-state index is 13.3. The number of likely N-dealkylation sites (tertiary alicyclic amines) is 1. The molecule has 1 amide bonds. The van der Waals surface area contributed by atoms with Crippen molar-refractivity contribution in [2.45, 2.75) is 58.5 Å². The molecule has 11 heteroatoms. The third-order valence-corrected chi connectivity index (χ3v) is 7.05. The normalized spacial score (nSPS) is 19.7. The molecule has 4 rings (SSSR count). The second kappa shape index (κ2) is 14.8. The van der Waals surface area contributed by atoms with Gasteiger partial charge in [-0.1, -0.05) is 0 Å². The number of piperazine rings is 1. The number of carbonyl (C=O) groups is 3. The van der Waals surface area contributed by atoms with E-state index in [9.17, 15) is 9.59 Å². The molecule has 4 heterocycles. The summed E-state index contributed by atoms with van der Waals surface area (Å²) in [6.45, 7) is 11.9. The van der Waals surface area contributed by atoms with Crippen LogP contribution in [-0.4, -0.2) is 113 Å². The number of carboxylic acids is 2. The standard InChI is InChI=1S/C22H35N5O2.2C2H4O2/c1-17-5-12-27(19-3-8-23-9-4-19)22(29)20(17)21(28)26-10-6-18(7-11-26)25-15-13-24(2)14-16-25;2*1-2(3)4/h5,12,18-19,23H,3-4,6-11,13-16H2,1-2H3;2*1H3,(H,3,4). The van der Waals surface area contributed by atoms with Gasteiger partial charge in [0.1, 0.15) is 5.56 Å². The van der Waals surface area contributed by atoms with E-state index in [1.54, 1.807) is 4.57 Å². The molecule has 0 bridgehead atoms. The van der Waals surface area contributed by atoms with E-state index in [1.165, 1.54) is 0 Å². The molecular weight excluding hydrogens is 478 g/mol. The first-order valence-electron chi connectivity index (χ1n) is 13.0. The smallest absolute Gasteiger partial charge is 0.300 e. The van der Waals surface area contributed by atoms with Crippen LogP contribution in [0.5, 0.6) is 0 Å². The molecule has 208 valence electrons. The lowest BCUT2D eigenvalue weighted by molar-refractivity contribution is -0.135. The topological polar surface area (TPSA) is 135 Å². The molecule has 0 radical (unpaired) electrons. The van der Waals surface area contributed by atoms with E-state index >= 15 is 0 Å². The van der Waals surface area contributed by atoms with E-state index in [1.807, 2.05) is 24.1 Å². The molecule has 0 atom stereocenters. The Balaban J connectivity index is 0.000000530. The summed E-state index contributed by atoms with van der Waals surface area (Å²) in [6, 6.07) is 2.70. The van der Waals surface area contributed by atoms with Gasteiger partial charge in [0.25, 0.3) is 23.4 Å². The van der Waals surface area contributed by atoms with Gasteiger partial charge in [0.2, 0.25) is 0 Å². The molecular formula is C26H43N5O6. The van der Waals surface area contributed by atoms with Gasteiger partial charge in [-0.05, 0) is 64.4 Å². The molecule has 0 saturated carbocycles. The molecule has 3 N–H and O–H groups in total. The van der Waals surface area contributed by atoms with Crippen molar-refractivity contribution in [3.05, 3.63) is 33.7 Å². The zero-order valence-corrected chi connectivity index (χ0v) is 22.6. The van der Waals surface area contributed by atoms with Crippen molar-refractivity contribution in [3.63, 3.8) is 0 Å². The minimum Gasteiger partial charge on any atom is -0.481 e. The highest BCUT2D eigenvalue weighted by atomic mass is 16.4. The van der Waals surface area contributed by atoms with Crippen molar-refractivity contribution in [1.29, 1.82) is 0 Å². The predicted octanol–water partition coefficient (Wildman–Crippen LogP) is 1.12. The van der Waals surface area contributed by atoms with E-state index in [0.717, 1.165) is 97.5 Å².